The van der Waals surface area contributed by atoms with Crippen molar-refractivity contribution in [3.63, 3.8) is 0 Å². The van der Waals surface area contributed by atoms with E-state index in [9.17, 15) is 9.90 Å². The van der Waals surface area contributed by atoms with Crippen molar-refractivity contribution in [2.75, 3.05) is 6.61 Å². The summed E-state index contributed by atoms with van der Waals surface area (Å²) in [5.41, 5.74) is 0.372. The summed E-state index contributed by atoms with van der Waals surface area (Å²) >= 11 is 0. The molecule has 0 bridgehead atoms. The van der Waals surface area contributed by atoms with E-state index in [1.807, 2.05) is 45.9 Å². The Morgan fingerprint density at radius 1 is 1.07 bits per heavy atom. The highest BCUT2D eigenvalue weighted by Gasteiger charge is 2.59. The maximum atomic E-state index is 13.7. The topological polar surface area (TPSA) is 65.0 Å². The van der Waals surface area contributed by atoms with Crippen molar-refractivity contribution in [2.24, 2.45) is 17.3 Å². The van der Waals surface area contributed by atoms with Crippen molar-refractivity contribution in [3.8, 4) is 0 Å². The van der Waals surface area contributed by atoms with Crippen LogP contribution in [0.5, 0.6) is 0 Å². The zero-order valence-electron chi connectivity index (χ0n) is 27.2. The van der Waals surface area contributed by atoms with Crippen LogP contribution in [-0.4, -0.2) is 44.0 Å². The molecule has 1 aliphatic carbocycles. The summed E-state index contributed by atoms with van der Waals surface area (Å²) in [6.07, 6.45) is 5.40. The molecule has 0 saturated carbocycles. The fraction of sp³-hybridized carbons (Fsp3) is 0.486. The van der Waals surface area contributed by atoms with E-state index in [0.717, 1.165) is 11.1 Å². The maximum absolute atomic E-state index is 13.7. The van der Waals surface area contributed by atoms with Gasteiger partial charge in [0, 0.05) is 11.3 Å². The number of carbonyl (C=O) groups is 1. The molecule has 1 aliphatic heterocycles. The maximum Gasteiger partial charge on any atom is 0.341 e. The van der Waals surface area contributed by atoms with Crippen molar-refractivity contribution >= 4 is 24.7 Å². The van der Waals surface area contributed by atoms with Gasteiger partial charge in [0.25, 0.3) is 8.32 Å². The summed E-state index contributed by atoms with van der Waals surface area (Å²) in [5.74, 6) is -0.733. The minimum Gasteiger partial charge on any atom is -0.433 e. The first-order valence-corrected chi connectivity index (χ1v) is 17.4. The van der Waals surface area contributed by atoms with Gasteiger partial charge in [0.1, 0.15) is 0 Å². The van der Waals surface area contributed by atoms with E-state index in [1.165, 1.54) is 10.4 Å². The zero-order chi connectivity index (χ0) is 31.6. The molecule has 4 rings (SSSR count). The van der Waals surface area contributed by atoms with Crippen LogP contribution in [-0.2, 0) is 18.7 Å². The van der Waals surface area contributed by atoms with E-state index in [0.29, 0.717) is 19.4 Å². The number of aliphatic hydroxyl groups is 1. The molecule has 2 aliphatic rings. The minimum absolute atomic E-state index is 0.0209. The van der Waals surface area contributed by atoms with Crippen LogP contribution >= 0.6 is 0 Å². The average molecular weight is 603 g/mol. The summed E-state index contributed by atoms with van der Waals surface area (Å²) in [5, 5.41) is 13.1. The lowest BCUT2D eigenvalue weighted by Crippen LogP contribution is -2.66. The van der Waals surface area contributed by atoms with Crippen molar-refractivity contribution in [1.29, 1.82) is 0 Å². The number of carbonyl (C=O) groups excluding carboxylic acids is 1. The van der Waals surface area contributed by atoms with Gasteiger partial charge < -0.3 is 19.0 Å². The molecule has 2 aromatic carbocycles. The van der Waals surface area contributed by atoms with E-state index in [2.05, 4.69) is 88.9 Å². The van der Waals surface area contributed by atoms with Crippen molar-refractivity contribution < 1.29 is 23.8 Å². The molecule has 1 heterocycles. The molecule has 232 valence electrons. The van der Waals surface area contributed by atoms with Gasteiger partial charge in [-0.25, -0.2) is 4.79 Å². The quantitative estimate of drug-likeness (QED) is 0.196. The number of aliphatic hydroxyl groups excluding tert-OH is 1. The molecule has 0 aromatic heterocycles. The molecule has 1 fully saturated rings. The number of hydrogen-bond donors (Lipinski definition) is 1. The number of rotatable bonds is 9. The van der Waals surface area contributed by atoms with E-state index in [4.69, 9.17) is 13.9 Å². The molecule has 0 amide bonds. The van der Waals surface area contributed by atoms with Gasteiger partial charge in [-0.2, -0.15) is 0 Å². The second kappa shape index (κ2) is 12.7. The van der Waals surface area contributed by atoms with E-state index in [-0.39, 0.29) is 22.3 Å². The molecule has 5 nitrogen and oxygen atoms in total. The van der Waals surface area contributed by atoms with Gasteiger partial charge in [0.05, 0.1) is 12.7 Å². The molecule has 1 spiro atoms. The van der Waals surface area contributed by atoms with Crippen LogP contribution in [0.15, 0.2) is 96.6 Å². The van der Waals surface area contributed by atoms with Gasteiger partial charge >= 0.3 is 5.97 Å². The van der Waals surface area contributed by atoms with Crippen LogP contribution in [0.2, 0.25) is 5.04 Å². The Bertz CT molecular complexity index is 1300. The van der Waals surface area contributed by atoms with Gasteiger partial charge in [-0.05, 0) is 52.2 Å². The van der Waals surface area contributed by atoms with Crippen LogP contribution in [0.1, 0.15) is 68.2 Å². The smallest absolute Gasteiger partial charge is 0.341 e. The second-order valence-corrected chi connectivity index (χ2v) is 18.7. The molecule has 1 N–H and O–H groups in total. The third kappa shape index (κ3) is 6.53. The molecule has 5 atom stereocenters. The zero-order valence-corrected chi connectivity index (χ0v) is 28.2. The van der Waals surface area contributed by atoms with Crippen LogP contribution in [0.3, 0.4) is 0 Å². The number of esters is 1. The predicted molar refractivity (Wildman–Crippen MR) is 177 cm³/mol. The Hall–Kier alpha value is -2.77. The highest BCUT2D eigenvalue weighted by atomic mass is 28.4. The fourth-order valence-electron chi connectivity index (χ4n) is 6.48. The average Bonchev–Trinajstić information content (AvgIpc) is 3.28. The molecule has 0 radical (unpaired) electrons. The Balaban J connectivity index is 1.79. The Morgan fingerprint density at radius 3 is 2.09 bits per heavy atom. The standard InChI is InChI=1S/C37H50O5Si/c1-10-17-32(38)26(2)22-29-23-28(27(3)24-37(29)33(39)41-34(42-37)35(4,5)6)25-40-43(36(7,8)9,30-18-13-11-14-19-30)31-20-15-12-16-21-31/h10-16,18-23,27,29,32,34,38H,1,17,24-25H2,2-9H3/b26-22+/t27-,29+,32+,34+,37+/m1/s1. The van der Waals surface area contributed by atoms with Gasteiger partial charge in [-0.3, -0.25) is 0 Å². The largest absolute Gasteiger partial charge is 0.433 e. The number of cyclic esters (lactones) is 1. The lowest BCUT2D eigenvalue weighted by Gasteiger charge is -2.44. The summed E-state index contributed by atoms with van der Waals surface area (Å²) < 4.78 is 19.8. The monoisotopic (exact) mass is 602 g/mol. The molecule has 1 saturated heterocycles. The van der Waals surface area contributed by atoms with Gasteiger partial charge in [0.15, 0.2) is 5.60 Å². The Kier molecular flexibility index (Phi) is 9.77. The summed E-state index contributed by atoms with van der Waals surface area (Å²) in [6, 6.07) is 21.3. The SMILES string of the molecule is C=CC[C@H](O)/C(C)=C/[C@H]1C=C(CO[Si](c2ccccc2)(c2ccccc2)C(C)(C)C)[C@H](C)C[C@]12O[C@@H](C(C)(C)C)OC2=O. The van der Waals surface area contributed by atoms with Gasteiger partial charge in [0.2, 0.25) is 6.29 Å². The highest BCUT2D eigenvalue weighted by Crippen LogP contribution is 2.48. The second-order valence-electron chi connectivity index (χ2n) is 14.4. The normalized spacial score (nSPS) is 25.8. The lowest BCUT2D eigenvalue weighted by atomic mass is 9.71. The first-order chi connectivity index (χ1) is 20.2. The Labute approximate surface area is 259 Å². The molecule has 2 aromatic rings. The predicted octanol–water partition coefficient (Wildman–Crippen LogP) is 6.71. The van der Waals surface area contributed by atoms with E-state index >= 15 is 0 Å². The third-order valence-electron chi connectivity index (χ3n) is 8.99. The van der Waals surface area contributed by atoms with Crippen LogP contribution in [0.25, 0.3) is 0 Å². The minimum atomic E-state index is -2.77. The van der Waals surface area contributed by atoms with Crippen molar-refractivity contribution in [3.05, 3.63) is 96.6 Å². The van der Waals surface area contributed by atoms with Crippen LogP contribution in [0, 0.1) is 17.3 Å². The fourth-order valence-corrected chi connectivity index (χ4v) is 11.0. The number of hydrogen-bond acceptors (Lipinski definition) is 5. The third-order valence-corrected chi connectivity index (χ3v) is 14.0. The number of ether oxygens (including phenoxy) is 2. The first kappa shape index (κ1) is 33.1. The molecule has 43 heavy (non-hydrogen) atoms. The van der Waals surface area contributed by atoms with E-state index in [1.54, 1.807) is 6.08 Å². The van der Waals surface area contributed by atoms with Crippen LogP contribution in [0.4, 0.5) is 0 Å². The van der Waals surface area contributed by atoms with Crippen molar-refractivity contribution in [1.82, 2.24) is 0 Å². The molecular weight excluding hydrogens is 552 g/mol. The van der Waals surface area contributed by atoms with Gasteiger partial charge in [-0.1, -0.05) is 127 Å². The van der Waals surface area contributed by atoms with Crippen LogP contribution < -0.4 is 10.4 Å². The van der Waals surface area contributed by atoms with E-state index < -0.39 is 32.2 Å². The lowest BCUT2D eigenvalue weighted by molar-refractivity contribution is -0.158. The summed E-state index contributed by atoms with van der Waals surface area (Å²) in [7, 11) is -2.77. The highest BCUT2D eigenvalue weighted by molar-refractivity contribution is 6.99. The molecule has 0 unspecified atom stereocenters. The first-order valence-electron chi connectivity index (χ1n) is 15.5. The Morgan fingerprint density at radius 2 is 1.63 bits per heavy atom. The van der Waals surface area contributed by atoms with Crippen molar-refractivity contribution in [2.45, 2.75) is 91.3 Å². The van der Waals surface area contributed by atoms with Gasteiger partial charge in [-0.15, -0.1) is 6.58 Å². The summed E-state index contributed by atoms with van der Waals surface area (Å²) in [4.78, 5) is 13.7. The molecular formula is C37H50O5Si. The summed E-state index contributed by atoms with van der Waals surface area (Å²) in [6.45, 7) is 21.1. The number of benzene rings is 2. The molecule has 6 heteroatoms.